The van der Waals surface area contributed by atoms with Gasteiger partial charge in [-0.1, -0.05) is 5.92 Å². The zero-order valence-corrected chi connectivity index (χ0v) is 9.44. The van der Waals surface area contributed by atoms with Gasteiger partial charge in [0.25, 0.3) is 5.69 Å². The number of anilines is 1. The first-order chi connectivity index (χ1) is 7.35. The van der Waals surface area contributed by atoms with Crippen molar-refractivity contribution in [3.8, 4) is 12.3 Å². The normalized spacial score (nSPS) is 10.6. The number of pyridine rings is 1. The van der Waals surface area contributed by atoms with Crippen LogP contribution in [0.1, 0.15) is 19.4 Å². The topological polar surface area (TPSA) is 68.1 Å². The highest BCUT2D eigenvalue weighted by atomic mass is 16.6. The molecule has 16 heavy (non-hydrogen) atoms. The van der Waals surface area contributed by atoms with Crippen molar-refractivity contribution in [3.63, 3.8) is 0 Å². The summed E-state index contributed by atoms with van der Waals surface area (Å²) in [5, 5.41) is 13.6. The highest BCUT2D eigenvalue weighted by Gasteiger charge is 2.16. The summed E-state index contributed by atoms with van der Waals surface area (Å²) in [7, 11) is 0. The average Bonchev–Trinajstić information content (AvgIpc) is 2.20. The largest absolute Gasteiger partial charge is 0.354 e. The molecule has 1 heterocycles. The number of rotatable bonds is 3. The molecular weight excluding hydrogens is 206 g/mol. The van der Waals surface area contributed by atoms with Gasteiger partial charge in [-0.05, 0) is 26.3 Å². The van der Waals surface area contributed by atoms with E-state index in [-0.39, 0.29) is 5.69 Å². The zero-order valence-electron chi connectivity index (χ0n) is 9.44. The lowest BCUT2D eigenvalue weighted by Gasteiger charge is -2.21. The summed E-state index contributed by atoms with van der Waals surface area (Å²) in [6.45, 7) is 5.40. The molecule has 1 aromatic heterocycles. The SMILES string of the molecule is C#CC(C)(C)Nc1ncc([N+](=O)[O-])cc1C. The summed E-state index contributed by atoms with van der Waals surface area (Å²) in [4.78, 5) is 14.0. The molecule has 0 aliphatic heterocycles. The van der Waals surface area contributed by atoms with Gasteiger partial charge in [-0.15, -0.1) is 6.42 Å². The summed E-state index contributed by atoms with van der Waals surface area (Å²) in [6, 6.07) is 1.46. The van der Waals surface area contributed by atoms with Gasteiger partial charge in [0.2, 0.25) is 0 Å². The van der Waals surface area contributed by atoms with Crippen molar-refractivity contribution in [3.05, 3.63) is 27.9 Å². The third-order valence-electron chi connectivity index (χ3n) is 2.07. The molecule has 0 aliphatic rings. The van der Waals surface area contributed by atoms with Crippen molar-refractivity contribution in [2.75, 3.05) is 5.32 Å². The van der Waals surface area contributed by atoms with Gasteiger partial charge in [-0.3, -0.25) is 10.1 Å². The van der Waals surface area contributed by atoms with Crippen LogP contribution >= 0.6 is 0 Å². The fourth-order valence-electron chi connectivity index (χ4n) is 1.12. The summed E-state index contributed by atoms with van der Waals surface area (Å²) in [6.07, 6.45) is 6.54. The molecule has 0 amide bonds. The Kier molecular flexibility index (Phi) is 3.14. The van der Waals surface area contributed by atoms with Crippen LogP contribution in [0, 0.1) is 29.4 Å². The molecule has 5 heteroatoms. The van der Waals surface area contributed by atoms with E-state index in [0.29, 0.717) is 11.4 Å². The van der Waals surface area contributed by atoms with E-state index in [2.05, 4.69) is 16.2 Å². The minimum Gasteiger partial charge on any atom is -0.354 e. The fourth-order valence-corrected chi connectivity index (χ4v) is 1.12. The van der Waals surface area contributed by atoms with Crippen LogP contribution in [-0.2, 0) is 0 Å². The smallest absolute Gasteiger partial charge is 0.287 e. The molecule has 0 atom stereocenters. The first-order valence-electron chi connectivity index (χ1n) is 4.73. The second-order valence-electron chi connectivity index (χ2n) is 4.01. The molecule has 1 aromatic rings. The number of hydrogen-bond donors (Lipinski definition) is 1. The Morgan fingerprint density at radius 3 is 2.69 bits per heavy atom. The molecule has 0 saturated carbocycles. The van der Waals surface area contributed by atoms with Crippen molar-refractivity contribution >= 4 is 11.5 Å². The first-order valence-corrected chi connectivity index (χ1v) is 4.73. The molecule has 0 fully saturated rings. The van der Waals surface area contributed by atoms with Gasteiger partial charge >= 0.3 is 0 Å². The van der Waals surface area contributed by atoms with Crippen molar-refractivity contribution < 1.29 is 4.92 Å². The number of terminal acetylenes is 1. The van der Waals surface area contributed by atoms with Crippen LogP contribution < -0.4 is 5.32 Å². The molecule has 0 saturated heterocycles. The van der Waals surface area contributed by atoms with E-state index in [4.69, 9.17) is 6.42 Å². The van der Waals surface area contributed by atoms with Gasteiger partial charge in [-0.25, -0.2) is 4.98 Å². The van der Waals surface area contributed by atoms with Crippen LogP contribution in [0.3, 0.4) is 0 Å². The Bertz CT molecular complexity index is 461. The Morgan fingerprint density at radius 2 is 2.25 bits per heavy atom. The van der Waals surface area contributed by atoms with E-state index in [1.165, 1.54) is 12.3 Å². The number of nitrogens with zero attached hydrogens (tertiary/aromatic N) is 2. The van der Waals surface area contributed by atoms with Gasteiger partial charge in [0.05, 0.1) is 10.5 Å². The Balaban J connectivity index is 3.02. The maximum absolute atomic E-state index is 10.5. The minimum absolute atomic E-state index is 0.0263. The molecule has 1 N–H and O–H groups in total. The van der Waals surface area contributed by atoms with E-state index in [0.717, 1.165) is 0 Å². The highest BCUT2D eigenvalue weighted by molar-refractivity contribution is 5.51. The molecule has 1 rings (SSSR count). The van der Waals surface area contributed by atoms with Crippen LogP contribution in [0.2, 0.25) is 0 Å². The number of nitro groups is 1. The highest BCUT2D eigenvalue weighted by Crippen LogP contribution is 2.20. The van der Waals surface area contributed by atoms with Crippen molar-refractivity contribution in [2.45, 2.75) is 26.3 Å². The molecule has 84 valence electrons. The number of aromatic nitrogens is 1. The lowest BCUT2D eigenvalue weighted by atomic mass is 10.1. The molecule has 5 nitrogen and oxygen atoms in total. The predicted octanol–water partition coefficient (Wildman–Crippen LogP) is 2.12. The van der Waals surface area contributed by atoms with Gasteiger partial charge in [0.1, 0.15) is 12.0 Å². The van der Waals surface area contributed by atoms with E-state index in [9.17, 15) is 10.1 Å². The Morgan fingerprint density at radius 1 is 1.62 bits per heavy atom. The van der Waals surface area contributed by atoms with Crippen molar-refractivity contribution in [2.24, 2.45) is 0 Å². The number of nitrogens with one attached hydrogen (secondary N) is 1. The lowest BCUT2D eigenvalue weighted by molar-refractivity contribution is -0.385. The second kappa shape index (κ2) is 4.19. The Hall–Kier alpha value is -2.09. The van der Waals surface area contributed by atoms with E-state index >= 15 is 0 Å². The lowest BCUT2D eigenvalue weighted by Crippen LogP contribution is -2.29. The summed E-state index contributed by atoms with van der Waals surface area (Å²) in [5.41, 5.74) is 0.132. The van der Waals surface area contributed by atoms with Crippen LogP contribution in [0.25, 0.3) is 0 Å². The zero-order chi connectivity index (χ0) is 12.3. The van der Waals surface area contributed by atoms with Crippen LogP contribution in [0.4, 0.5) is 11.5 Å². The van der Waals surface area contributed by atoms with E-state index in [1.807, 2.05) is 13.8 Å². The fraction of sp³-hybridized carbons (Fsp3) is 0.364. The number of aryl methyl sites for hydroxylation is 1. The molecule has 0 aliphatic carbocycles. The third-order valence-corrected chi connectivity index (χ3v) is 2.07. The molecule has 0 spiro atoms. The molecule has 0 aromatic carbocycles. The van der Waals surface area contributed by atoms with Crippen LogP contribution in [-0.4, -0.2) is 15.4 Å². The van der Waals surface area contributed by atoms with E-state index in [1.54, 1.807) is 6.92 Å². The van der Waals surface area contributed by atoms with E-state index < -0.39 is 10.5 Å². The van der Waals surface area contributed by atoms with Crippen LogP contribution in [0.15, 0.2) is 12.3 Å². The standard InChI is InChI=1S/C11H13N3O2/c1-5-11(3,4)13-10-8(2)6-9(7-12-10)14(15)16/h1,6-7H,2-4H3,(H,12,13). The van der Waals surface area contributed by atoms with Crippen molar-refractivity contribution in [1.29, 1.82) is 0 Å². The first kappa shape index (κ1) is 12.0. The third kappa shape index (κ3) is 2.70. The summed E-state index contributed by atoms with van der Waals surface area (Å²) >= 11 is 0. The quantitative estimate of drug-likeness (QED) is 0.480. The monoisotopic (exact) mass is 219 g/mol. The molecule has 0 unspecified atom stereocenters. The second-order valence-corrected chi connectivity index (χ2v) is 4.01. The minimum atomic E-state index is -0.534. The van der Waals surface area contributed by atoms with Gasteiger partial charge in [-0.2, -0.15) is 0 Å². The van der Waals surface area contributed by atoms with Crippen LogP contribution in [0.5, 0.6) is 0 Å². The molecular formula is C11H13N3O2. The molecule has 0 radical (unpaired) electrons. The van der Waals surface area contributed by atoms with Gasteiger partial charge in [0, 0.05) is 6.07 Å². The van der Waals surface area contributed by atoms with Gasteiger partial charge in [0.15, 0.2) is 0 Å². The van der Waals surface area contributed by atoms with Gasteiger partial charge < -0.3 is 5.32 Å². The van der Waals surface area contributed by atoms with Crippen molar-refractivity contribution in [1.82, 2.24) is 4.98 Å². The predicted molar refractivity (Wildman–Crippen MR) is 62.2 cm³/mol. The number of hydrogen-bond acceptors (Lipinski definition) is 4. The Labute approximate surface area is 94.0 Å². The summed E-state index contributed by atoms with van der Waals surface area (Å²) in [5.74, 6) is 3.13. The maximum Gasteiger partial charge on any atom is 0.287 e. The molecule has 0 bridgehead atoms. The maximum atomic E-state index is 10.5. The summed E-state index contributed by atoms with van der Waals surface area (Å²) < 4.78 is 0. The average molecular weight is 219 g/mol.